The highest BCUT2D eigenvalue weighted by Gasteiger charge is 2.36. The zero-order chi connectivity index (χ0) is 22.8. The molecule has 0 unspecified atom stereocenters. The molecule has 164 valence electrons. The van der Waals surface area contributed by atoms with Crippen molar-refractivity contribution in [1.29, 1.82) is 0 Å². The standard InChI is InChI=1S/C25H20N4O3S/c30-23(26-11-10-20-22(28-15-27-20)21-7-4-12-33-21)17-8-9-18-19(13-17)25(32)29(24(18)31)14-16-5-2-1-3-6-16/h1-9,12-13,15H,10-11,14H2,(H,26,30)(H,27,28). The van der Waals surface area contributed by atoms with E-state index >= 15 is 0 Å². The Bertz CT molecular complexity index is 1330. The summed E-state index contributed by atoms with van der Waals surface area (Å²) >= 11 is 1.61. The van der Waals surface area contributed by atoms with Gasteiger partial charge in [0.1, 0.15) is 5.69 Å². The fraction of sp³-hybridized carbons (Fsp3) is 0.120. The highest BCUT2D eigenvalue weighted by atomic mass is 32.1. The van der Waals surface area contributed by atoms with Crippen LogP contribution in [0.2, 0.25) is 0 Å². The molecule has 0 saturated heterocycles. The van der Waals surface area contributed by atoms with E-state index in [9.17, 15) is 14.4 Å². The molecule has 2 aromatic heterocycles. The Kier molecular flexibility index (Phi) is 5.58. The number of carbonyl (C=O) groups excluding carboxylic acids is 3. The van der Waals surface area contributed by atoms with Gasteiger partial charge in [-0.15, -0.1) is 11.3 Å². The van der Waals surface area contributed by atoms with Crippen LogP contribution in [-0.2, 0) is 13.0 Å². The lowest BCUT2D eigenvalue weighted by Gasteiger charge is -2.13. The van der Waals surface area contributed by atoms with Gasteiger partial charge in [0, 0.05) is 24.2 Å². The topological polar surface area (TPSA) is 95.2 Å². The number of benzene rings is 2. The van der Waals surface area contributed by atoms with Crippen LogP contribution in [-0.4, -0.2) is 39.1 Å². The fourth-order valence-electron chi connectivity index (χ4n) is 3.88. The summed E-state index contributed by atoms with van der Waals surface area (Å²) in [5, 5.41) is 4.88. The minimum absolute atomic E-state index is 0.200. The molecule has 0 saturated carbocycles. The van der Waals surface area contributed by atoms with Gasteiger partial charge in [-0.05, 0) is 35.2 Å². The Morgan fingerprint density at radius 3 is 2.61 bits per heavy atom. The summed E-state index contributed by atoms with van der Waals surface area (Å²) in [6, 6.07) is 18.0. The minimum atomic E-state index is -0.383. The van der Waals surface area contributed by atoms with Gasteiger partial charge in [-0.3, -0.25) is 19.3 Å². The summed E-state index contributed by atoms with van der Waals surface area (Å²) in [6.07, 6.45) is 2.24. The van der Waals surface area contributed by atoms with Gasteiger partial charge in [-0.2, -0.15) is 0 Å². The van der Waals surface area contributed by atoms with Gasteiger partial charge >= 0.3 is 0 Å². The molecule has 4 aromatic rings. The molecule has 33 heavy (non-hydrogen) atoms. The fourth-order valence-corrected chi connectivity index (χ4v) is 4.63. The third-order valence-corrected chi connectivity index (χ3v) is 6.43. The maximum atomic E-state index is 12.9. The van der Waals surface area contributed by atoms with E-state index in [0.29, 0.717) is 24.1 Å². The van der Waals surface area contributed by atoms with Crippen LogP contribution in [0.5, 0.6) is 0 Å². The number of nitrogens with zero attached hydrogens (tertiary/aromatic N) is 2. The Morgan fingerprint density at radius 2 is 1.82 bits per heavy atom. The smallest absolute Gasteiger partial charge is 0.261 e. The van der Waals surface area contributed by atoms with Crippen molar-refractivity contribution in [1.82, 2.24) is 20.2 Å². The molecular formula is C25H20N4O3S. The van der Waals surface area contributed by atoms with Crippen LogP contribution in [0.25, 0.3) is 10.6 Å². The largest absolute Gasteiger partial charge is 0.352 e. The average molecular weight is 457 g/mol. The summed E-state index contributed by atoms with van der Waals surface area (Å²) in [7, 11) is 0. The molecule has 0 bridgehead atoms. The Balaban J connectivity index is 1.25. The molecule has 5 rings (SSSR count). The van der Waals surface area contributed by atoms with Crippen LogP contribution in [0, 0.1) is 0 Å². The molecule has 0 fully saturated rings. The first-order valence-electron chi connectivity index (χ1n) is 10.5. The van der Waals surface area contributed by atoms with E-state index in [0.717, 1.165) is 21.8 Å². The van der Waals surface area contributed by atoms with Gasteiger partial charge in [0.2, 0.25) is 0 Å². The second kappa shape index (κ2) is 8.84. The van der Waals surface area contributed by atoms with Crippen LogP contribution < -0.4 is 5.32 Å². The monoisotopic (exact) mass is 456 g/mol. The van der Waals surface area contributed by atoms with Crippen molar-refractivity contribution in [3.05, 3.63) is 100 Å². The van der Waals surface area contributed by atoms with E-state index < -0.39 is 0 Å². The molecule has 3 heterocycles. The number of aromatic nitrogens is 2. The van der Waals surface area contributed by atoms with Gasteiger partial charge in [-0.25, -0.2) is 4.98 Å². The minimum Gasteiger partial charge on any atom is -0.352 e. The molecule has 8 heteroatoms. The Hall–Kier alpha value is -4.04. The number of carbonyl (C=O) groups is 3. The number of rotatable bonds is 7. The third kappa shape index (κ3) is 4.08. The lowest BCUT2D eigenvalue weighted by Crippen LogP contribution is -2.29. The first-order valence-corrected chi connectivity index (χ1v) is 11.4. The molecule has 0 radical (unpaired) electrons. The van der Waals surface area contributed by atoms with Crippen molar-refractivity contribution >= 4 is 29.1 Å². The van der Waals surface area contributed by atoms with Crippen molar-refractivity contribution < 1.29 is 14.4 Å². The summed E-state index contributed by atoms with van der Waals surface area (Å²) < 4.78 is 0. The molecule has 2 aromatic carbocycles. The van der Waals surface area contributed by atoms with Crippen molar-refractivity contribution in [2.24, 2.45) is 0 Å². The molecule has 0 aliphatic carbocycles. The van der Waals surface area contributed by atoms with Gasteiger partial charge in [0.05, 0.1) is 28.9 Å². The number of hydrogen-bond donors (Lipinski definition) is 2. The van der Waals surface area contributed by atoms with E-state index in [1.54, 1.807) is 29.8 Å². The predicted molar refractivity (Wildman–Crippen MR) is 125 cm³/mol. The molecule has 1 aliphatic rings. The molecule has 7 nitrogen and oxygen atoms in total. The molecule has 0 spiro atoms. The van der Waals surface area contributed by atoms with E-state index in [1.165, 1.54) is 11.0 Å². The van der Waals surface area contributed by atoms with Crippen LogP contribution >= 0.6 is 11.3 Å². The van der Waals surface area contributed by atoms with Gasteiger partial charge in [0.25, 0.3) is 17.7 Å². The van der Waals surface area contributed by atoms with Crippen molar-refractivity contribution in [2.45, 2.75) is 13.0 Å². The highest BCUT2D eigenvalue weighted by molar-refractivity contribution is 7.13. The zero-order valence-corrected chi connectivity index (χ0v) is 18.4. The number of imide groups is 1. The number of hydrogen-bond acceptors (Lipinski definition) is 5. The molecular weight excluding hydrogens is 436 g/mol. The number of amides is 3. The first kappa shape index (κ1) is 20.8. The number of H-pyrrole nitrogens is 1. The molecule has 2 N–H and O–H groups in total. The Morgan fingerprint density at radius 1 is 1.00 bits per heavy atom. The number of thiophene rings is 1. The molecule has 3 amide bonds. The number of fused-ring (bicyclic) bond motifs is 1. The van der Waals surface area contributed by atoms with E-state index in [1.807, 2.05) is 47.8 Å². The van der Waals surface area contributed by atoms with Gasteiger partial charge < -0.3 is 10.3 Å². The summed E-state index contributed by atoms with van der Waals surface area (Å²) in [6.45, 7) is 0.606. The zero-order valence-electron chi connectivity index (χ0n) is 17.6. The normalized spacial score (nSPS) is 12.8. The SMILES string of the molecule is O=C(NCCc1[nH]cnc1-c1cccs1)c1ccc2c(c1)C(=O)N(Cc1ccccc1)C2=O. The molecule has 1 aliphatic heterocycles. The second-order valence-electron chi connectivity index (χ2n) is 7.66. The van der Waals surface area contributed by atoms with Crippen LogP contribution in [0.4, 0.5) is 0 Å². The van der Waals surface area contributed by atoms with E-state index in [-0.39, 0.29) is 29.8 Å². The quantitative estimate of drug-likeness (QED) is 0.412. The maximum absolute atomic E-state index is 12.9. The van der Waals surface area contributed by atoms with Gasteiger partial charge in [0.15, 0.2) is 0 Å². The van der Waals surface area contributed by atoms with Crippen molar-refractivity contribution in [3.63, 3.8) is 0 Å². The van der Waals surface area contributed by atoms with Crippen LogP contribution in [0.1, 0.15) is 42.3 Å². The van der Waals surface area contributed by atoms with Crippen LogP contribution in [0.3, 0.4) is 0 Å². The number of nitrogens with one attached hydrogen (secondary N) is 2. The van der Waals surface area contributed by atoms with E-state index in [4.69, 9.17) is 0 Å². The number of imidazole rings is 1. The summed E-state index contributed by atoms with van der Waals surface area (Å²) in [5.41, 5.74) is 3.64. The Labute approximate surface area is 194 Å². The summed E-state index contributed by atoms with van der Waals surface area (Å²) in [5.74, 6) is -1.02. The van der Waals surface area contributed by atoms with E-state index in [2.05, 4.69) is 15.3 Å². The summed E-state index contributed by atoms with van der Waals surface area (Å²) in [4.78, 5) is 48.1. The average Bonchev–Trinajstić information content (AvgIpc) is 3.57. The lowest BCUT2D eigenvalue weighted by molar-refractivity contribution is 0.0642. The van der Waals surface area contributed by atoms with Gasteiger partial charge in [-0.1, -0.05) is 36.4 Å². The first-order chi connectivity index (χ1) is 16.1. The van der Waals surface area contributed by atoms with Crippen molar-refractivity contribution in [3.8, 4) is 10.6 Å². The predicted octanol–water partition coefficient (Wildman–Crippen LogP) is 3.91. The molecule has 0 atom stereocenters. The van der Waals surface area contributed by atoms with Crippen LogP contribution in [0.15, 0.2) is 72.4 Å². The maximum Gasteiger partial charge on any atom is 0.261 e. The van der Waals surface area contributed by atoms with Crippen molar-refractivity contribution in [2.75, 3.05) is 6.54 Å². The highest BCUT2D eigenvalue weighted by Crippen LogP contribution is 2.27. The lowest BCUT2D eigenvalue weighted by atomic mass is 10.1. The number of aromatic amines is 1. The second-order valence-corrected chi connectivity index (χ2v) is 8.60. The third-order valence-electron chi connectivity index (χ3n) is 5.55.